The minimum atomic E-state index is -0.989. The van der Waals surface area contributed by atoms with Crippen molar-refractivity contribution < 1.29 is 14.4 Å². The number of rotatable bonds is 6. The molecule has 2 saturated carbocycles. The fourth-order valence-electron chi connectivity index (χ4n) is 6.45. The first-order chi connectivity index (χ1) is 14.0. The van der Waals surface area contributed by atoms with Gasteiger partial charge in [0.1, 0.15) is 0 Å². The van der Waals surface area contributed by atoms with Gasteiger partial charge in [-0.15, -0.1) is 0 Å². The molecule has 2 aliphatic carbocycles. The van der Waals surface area contributed by atoms with Gasteiger partial charge in [0.25, 0.3) is 0 Å². The van der Waals surface area contributed by atoms with Crippen molar-refractivity contribution in [3.8, 4) is 0 Å². The lowest BCUT2D eigenvalue weighted by Crippen LogP contribution is -2.36. The summed E-state index contributed by atoms with van der Waals surface area (Å²) < 4.78 is 12.0. The van der Waals surface area contributed by atoms with Crippen molar-refractivity contribution >= 4 is 10.8 Å². The van der Waals surface area contributed by atoms with Gasteiger partial charge in [-0.05, 0) is 86.7 Å². The van der Waals surface area contributed by atoms with E-state index in [0.29, 0.717) is 28.8 Å². The lowest BCUT2D eigenvalue weighted by Gasteiger charge is -2.44. The van der Waals surface area contributed by atoms with Crippen LogP contribution in [-0.2, 0) is 10.8 Å². The van der Waals surface area contributed by atoms with E-state index in [9.17, 15) is 14.4 Å². The van der Waals surface area contributed by atoms with Crippen molar-refractivity contribution in [2.24, 2.45) is 23.2 Å². The van der Waals surface area contributed by atoms with E-state index in [-0.39, 0.29) is 0 Å². The Morgan fingerprint density at radius 2 is 2.07 bits per heavy atom. The third kappa shape index (κ3) is 5.37. The summed E-state index contributed by atoms with van der Waals surface area (Å²) in [5.41, 5.74) is 3.05. The summed E-state index contributed by atoms with van der Waals surface area (Å²) in [7, 11) is -0.989. The zero-order chi connectivity index (χ0) is 22.1. The van der Waals surface area contributed by atoms with Gasteiger partial charge in [-0.25, -0.2) is 0 Å². The van der Waals surface area contributed by atoms with Gasteiger partial charge in [-0.2, -0.15) is 0 Å². The molecule has 4 heteroatoms. The van der Waals surface area contributed by atoms with Gasteiger partial charge < -0.3 is 10.2 Å². The molecule has 1 unspecified atom stereocenters. The molecule has 170 valence electrons. The van der Waals surface area contributed by atoms with Crippen LogP contribution in [0.1, 0.15) is 79.1 Å². The van der Waals surface area contributed by atoms with Gasteiger partial charge in [0.05, 0.1) is 17.5 Å². The second-order valence-electron chi connectivity index (χ2n) is 11.0. The minimum Gasteiger partial charge on any atom is -0.390 e. The molecule has 0 aromatic heterocycles. The van der Waals surface area contributed by atoms with Crippen LogP contribution in [-0.4, -0.2) is 37.6 Å². The van der Waals surface area contributed by atoms with Crippen LogP contribution in [0.3, 0.4) is 0 Å². The van der Waals surface area contributed by atoms with Crippen LogP contribution in [0.2, 0.25) is 0 Å². The van der Waals surface area contributed by atoms with E-state index in [4.69, 9.17) is 0 Å². The molecule has 0 amide bonds. The van der Waals surface area contributed by atoms with Gasteiger partial charge in [0, 0.05) is 16.6 Å². The van der Waals surface area contributed by atoms with Crippen molar-refractivity contribution in [1.82, 2.24) is 0 Å². The fraction of sp³-hybridized carbons (Fsp3) is 0.769. The molecule has 3 aliphatic rings. The van der Waals surface area contributed by atoms with Crippen LogP contribution in [0, 0.1) is 23.2 Å². The predicted octanol–water partition coefficient (Wildman–Crippen LogP) is 5.31. The van der Waals surface area contributed by atoms with Gasteiger partial charge in [0.2, 0.25) is 0 Å². The molecular formula is C26H42O3S. The van der Waals surface area contributed by atoms with E-state index < -0.39 is 22.5 Å². The summed E-state index contributed by atoms with van der Waals surface area (Å²) in [6.07, 6.45) is 13.1. The number of hydrogen-bond donors (Lipinski definition) is 2. The summed E-state index contributed by atoms with van der Waals surface area (Å²) in [6.45, 7) is 12.8. The molecule has 3 rings (SSSR count). The summed E-state index contributed by atoms with van der Waals surface area (Å²) in [5.74, 6) is 2.91. The molecule has 3 nitrogen and oxygen atoms in total. The van der Waals surface area contributed by atoms with Gasteiger partial charge in [-0.1, -0.05) is 51.0 Å². The van der Waals surface area contributed by atoms with Crippen molar-refractivity contribution in [3.05, 3.63) is 35.5 Å². The first kappa shape index (κ1) is 23.9. The van der Waals surface area contributed by atoms with Crippen molar-refractivity contribution in [2.75, 3.05) is 11.5 Å². The highest BCUT2D eigenvalue weighted by Gasteiger charge is 2.50. The van der Waals surface area contributed by atoms with Crippen LogP contribution < -0.4 is 0 Å². The lowest BCUT2D eigenvalue weighted by atomic mass is 9.60. The summed E-state index contributed by atoms with van der Waals surface area (Å²) >= 11 is 0. The molecule has 6 atom stereocenters. The number of allylic oxidation sites excluding steroid dienone is 3. The Hall–Kier alpha value is -0.710. The molecule has 0 bridgehead atoms. The maximum atomic E-state index is 12.0. The molecule has 1 saturated heterocycles. The predicted molar refractivity (Wildman–Crippen MR) is 127 cm³/mol. The first-order valence-corrected chi connectivity index (χ1v) is 13.3. The summed E-state index contributed by atoms with van der Waals surface area (Å²) in [5, 5.41) is 20.1. The van der Waals surface area contributed by atoms with E-state index in [0.717, 1.165) is 36.3 Å². The smallest absolute Gasteiger partial charge is 0.0902 e. The Balaban J connectivity index is 1.71. The largest absolute Gasteiger partial charge is 0.390 e. The minimum absolute atomic E-state index is 0.320. The SMILES string of the molecule is C=C1/C(=C\C=C2/CCC[C@]3(C)[C@@H]([C@H](C)CCCC(C)(C)O)CC[C@@H]23)CS(=O)C[C@@H]1O. The third-order valence-corrected chi connectivity index (χ3v) is 9.47. The van der Waals surface area contributed by atoms with E-state index in [1.54, 1.807) is 5.57 Å². The Morgan fingerprint density at radius 3 is 2.77 bits per heavy atom. The molecule has 1 heterocycles. The van der Waals surface area contributed by atoms with E-state index in [1.165, 1.54) is 32.1 Å². The molecule has 1 aliphatic heterocycles. The molecule has 3 fully saturated rings. The van der Waals surface area contributed by atoms with E-state index in [1.807, 2.05) is 13.8 Å². The highest BCUT2D eigenvalue weighted by molar-refractivity contribution is 7.85. The Kier molecular flexibility index (Phi) is 7.52. The second-order valence-corrected chi connectivity index (χ2v) is 12.5. The van der Waals surface area contributed by atoms with Crippen molar-refractivity contribution in [1.29, 1.82) is 0 Å². The first-order valence-electron chi connectivity index (χ1n) is 11.9. The highest BCUT2D eigenvalue weighted by atomic mass is 32.2. The van der Waals surface area contributed by atoms with Gasteiger partial charge >= 0.3 is 0 Å². The quantitative estimate of drug-likeness (QED) is 0.595. The normalized spacial score (nSPS) is 38.8. The zero-order valence-corrected chi connectivity index (χ0v) is 20.3. The topological polar surface area (TPSA) is 57.5 Å². The molecule has 30 heavy (non-hydrogen) atoms. The number of aliphatic hydroxyl groups excluding tert-OH is 1. The fourth-order valence-corrected chi connectivity index (χ4v) is 7.75. The maximum absolute atomic E-state index is 12.0. The van der Waals surface area contributed by atoms with Crippen molar-refractivity contribution in [2.45, 2.75) is 90.8 Å². The highest BCUT2D eigenvalue weighted by Crippen LogP contribution is 2.59. The molecule has 2 N–H and O–H groups in total. The number of fused-ring (bicyclic) bond motifs is 1. The van der Waals surface area contributed by atoms with E-state index in [2.05, 4.69) is 32.6 Å². The Bertz CT molecular complexity index is 729. The lowest BCUT2D eigenvalue weighted by molar-refractivity contribution is 0.0596. The molecular weight excluding hydrogens is 392 g/mol. The van der Waals surface area contributed by atoms with Crippen molar-refractivity contribution in [3.63, 3.8) is 0 Å². The molecule has 0 aromatic rings. The van der Waals surface area contributed by atoms with Crippen LogP contribution in [0.25, 0.3) is 0 Å². The monoisotopic (exact) mass is 434 g/mol. The number of hydrogen-bond acceptors (Lipinski definition) is 3. The molecule has 0 radical (unpaired) electrons. The Morgan fingerprint density at radius 1 is 1.33 bits per heavy atom. The average molecular weight is 435 g/mol. The standard InChI is InChI=1S/C26H42O3S/c1-18(8-6-14-25(3,4)28)22-12-13-23-20(9-7-15-26(22,23)5)10-11-21-16-30(29)17-24(27)19(21)2/h10-11,18,22-24,27-28H,2,6-9,12-17H2,1,3-5H3/b20-10+,21-11-/t18-,22-,23+,24+,26-,30?/m1/s1. The van der Waals surface area contributed by atoms with Crippen LogP contribution in [0.5, 0.6) is 0 Å². The van der Waals surface area contributed by atoms with Crippen LogP contribution >= 0.6 is 0 Å². The zero-order valence-electron chi connectivity index (χ0n) is 19.5. The van der Waals surface area contributed by atoms with Crippen LogP contribution in [0.4, 0.5) is 0 Å². The summed E-state index contributed by atoms with van der Waals surface area (Å²) in [6, 6.07) is 0. The van der Waals surface area contributed by atoms with E-state index >= 15 is 0 Å². The van der Waals surface area contributed by atoms with Gasteiger partial charge in [0.15, 0.2) is 0 Å². The number of aliphatic hydroxyl groups is 2. The Labute approximate surface area is 186 Å². The van der Waals surface area contributed by atoms with Gasteiger partial charge in [-0.3, -0.25) is 4.21 Å². The average Bonchev–Trinajstić information content (AvgIpc) is 3.00. The maximum Gasteiger partial charge on any atom is 0.0902 e. The molecule has 0 aromatic carbocycles. The molecule has 0 spiro atoms. The second kappa shape index (κ2) is 9.42. The van der Waals surface area contributed by atoms with Crippen LogP contribution in [0.15, 0.2) is 35.5 Å². The summed E-state index contributed by atoms with van der Waals surface area (Å²) in [4.78, 5) is 0. The third-order valence-electron chi connectivity index (χ3n) is 8.15.